The first-order valence-corrected chi connectivity index (χ1v) is 9.15. The van der Waals surface area contributed by atoms with Crippen molar-refractivity contribution in [1.29, 1.82) is 0 Å². The quantitative estimate of drug-likeness (QED) is 0.855. The summed E-state index contributed by atoms with van der Waals surface area (Å²) in [5.41, 5.74) is 1.93. The molecule has 0 radical (unpaired) electrons. The fraction of sp³-hybridized carbons (Fsp3) is 0.526. The van der Waals surface area contributed by atoms with E-state index >= 15 is 0 Å². The molecule has 1 saturated heterocycles. The van der Waals surface area contributed by atoms with Gasteiger partial charge in [0.1, 0.15) is 5.69 Å². The normalized spacial score (nSPS) is 17.8. The summed E-state index contributed by atoms with van der Waals surface area (Å²) in [6.45, 7) is 2.92. The molecule has 1 fully saturated rings. The van der Waals surface area contributed by atoms with Crippen LogP contribution in [0.15, 0.2) is 36.0 Å². The van der Waals surface area contributed by atoms with E-state index in [1.54, 1.807) is 28.1 Å². The van der Waals surface area contributed by atoms with Crippen LogP contribution in [-0.4, -0.2) is 59.4 Å². The zero-order chi connectivity index (χ0) is 17.5. The van der Waals surface area contributed by atoms with Gasteiger partial charge in [0.2, 0.25) is 0 Å². The topological polar surface area (TPSA) is 65.5 Å². The predicted octanol–water partition coefficient (Wildman–Crippen LogP) is 2.44. The summed E-state index contributed by atoms with van der Waals surface area (Å²) in [7, 11) is 0. The van der Waals surface area contributed by atoms with Crippen molar-refractivity contribution in [3.05, 3.63) is 41.7 Å². The lowest BCUT2D eigenvalue weighted by atomic mass is 9.97. The molecule has 0 saturated carbocycles. The molecule has 1 aliphatic carbocycles. The summed E-state index contributed by atoms with van der Waals surface area (Å²) >= 11 is 0. The number of piperazine rings is 1. The van der Waals surface area contributed by atoms with Gasteiger partial charge in [-0.3, -0.25) is 9.78 Å². The SMILES string of the molecule is O=C(NCCC1=CCCCC1)N1CCN(C(=O)c2ccccn2)CC1. The van der Waals surface area contributed by atoms with Crippen molar-refractivity contribution < 1.29 is 9.59 Å². The number of hydrogen-bond donors (Lipinski definition) is 1. The second-order valence-electron chi connectivity index (χ2n) is 6.58. The van der Waals surface area contributed by atoms with Gasteiger partial charge in [-0.1, -0.05) is 17.7 Å². The lowest BCUT2D eigenvalue weighted by Gasteiger charge is -2.34. The van der Waals surface area contributed by atoms with Gasteiger partial charge < -0.3 is 15.1 Å². The number of carbonyl (C=O) groups excluding carboxylic acids is 2. The number of urea groups is 1. The van der Waals surface area contributed by atoms with Crippen LogP contribution in [0.5, 0.6) is 0 Å². The second kappa shape index (κ2) is 8.65. The minimum absolute atomic E-state index is 0.0265. The van der Waals surface area contributed by atoms with Crippen molar-refractivity contribution in [2.45, 2.75) is 32.1 Å². The molecule has 0 spiro atoms. The molecule has 1 aromatic heterocycles. The average Bonchev–Trinajstić information content (AvgIpc) is 2.69. The predicted molar refractivity (Wildman–Crippen MR) is 96.3 cm³/mol. The first-order chi connectivity index (χ1) is 12.2. The van der Waals surface area contributed by atoms with Gasteiger partial charge in [0.25, 0.3) is 5.91 Å². The third-order valence-corrected chi connectivity index (χ3v) is 4.85. The van der Waals surface area contributed by atoms with Crippen molar-refractivity contribution in [2.24, 2.45) is 0 Å². The van der Waals surface area contributed by atoms with Crippen LogP contribution in [0.1, 0.15) is 42.6 Å². The van der Waals surface area contributed by atoms with Crippen LogP contribution in [0, 0.1) is 0 Å². The summed E-state index contributed by atoms with van der Waals surface area (Å²) in [4.78, 5) is 32.3. The number of aromatic nitrogens is 1. The molecule has 2 aliphatic rings. The molecule has 1 N–H and O–H groups in total. The van der Waals surface area contributed by atoms with E-state index in [-0.39, 0.29) is 11.9 Å². The molecule has 6 heteroatoms. The number of rotatable bonds is 4. The van der Waals surface area contributed by atoms with Gasteiger partial charge >= 0.3 is 6.03 Å². The Morgan fingerprint density at radius 1 is 1.08 bits per heavy atom. The molecular weight excluding hydrogens is 316 g/mol. The number of amides is 3. The van der Waals surface area contributed by atoms with Gasteiger partial charge in [-0.2, -0.15) is 0 Å². The molecule has 3 rings (SSSR count). The van der Waals surface area contributed by atoms with Gasteiger partial charge in [-0.15, -0.1) is 0 Å². The van der Waals surface area contributed by atoms with E-state index < -0.39 is 0 Å². The Bertz CT molecular complexity index is 622. The van der Waals surface area contributed by atoms with Crippen molar-refractivity contribution in [2.75, 3.05) is 32.7 Å². The third-order valence-electron chi connectivity index (χ3n) is 4.85. The van der Waals surface area contributed by atoms with Crippen LogP contribution in [-0.2, 0) is 0 Å². The summed E-state index contributed by atoms with van der Waals surface area (Å²) in [6.07, 6.45) is 9.79. The second-order valence-corrected chi connectivity index (χ2v) is 6.58. The number of nitrogens with one attached hydrogen (secondary N) is 1. The fourth-order valence-corrected chi connectivity index (χ4v) is 3.34. The number of hydrogen-bond acceptors (Lipinski definition) is 3. The highest BCUT2D eigenvalue weighted by atomic mass is 16.2. The van der Waals surface area contributed by atoms with Gasteiger partial charge in [0.15, 0.2) is 0 Å². The van der Waals surface area contributed by atoms with Crippen LogP contribution >= 0.6 is 0 Å². The van der Waals surface area contributed by atoms with E-state index in [0.29, 0.717) is 38.4 Å². The van der Waals surface area contributed by atoms with Gasteiger partial charge in [-0.25, -0.2) is 4.79 Å². The monoisotopic (exact) mass is 342 g/mol. The third kappa shape index (κ3) is 4.81. The molecule has 0 bridgehead atoms. The van der Waals surface area contributed by atoms with Crippen LogP contribution in [0.25, 0.3) is 0 Å². The number of allylic oxidation sites excluding steroid dienone is 1. The van der Waals surface area contributed by atoms with Crippen molar-refractivity contribution >= 4 is 11.9 Å². The van der Waals surface area contributed by atoms with Gasteiger partial charge in [0.05, 0.1) is 0 Å². The maximum Gasteiger partial charge on any atom is 0.317 e. The van der Waals surface area contributed by atoms with E-state index in [9.17, 15) is 9.59 Å². The number of nitrogens with zero attached hydrogens (tertiary/aromatic N) is 3. The van der Waals surface area contributed by atoms with Crippen LogP contribution < -0.4 is 5.32 Å². The van der Waals surface area contributed by atoms with E-state index in [2.05, 4.69) is 16.4 Å². The highest BCUT2D eigenvalue weighted by Crippen LogP contribution is 2.19. The van der Waals surface area contributed by atoms with Crippen molar-refractivity contribution in [1.82, 2.24) is 20.1 Å². The minimum atomic E-state index is -0.0649. The highest BCUT2D eigenvalue weighted by molar-refractivity contribution is 5.92. The van der Waals surface area contributed by atoms with E-state index in [4.69, 9.17) is 0 Å². The summed E-state index contributed by atoms with van der Waals surface area (Å²) in [5.74, 6) is -0.0649. The Morgan fingerprint density at radius 3 is 2.56 bits per heavy atom. The maximum absolute atomic E-state index is 12.4. The lowest BCUT2D eigenvalue weighted by Crippen LogP contribution is -2.53. The molecule has 6 nitrogen and oxygen atoms in total. The zero-order valence-electron chi connectivity index (χ0n) is 14.6. The Kier molecular flexibility index (Phi) is 6.04. The van der Waals surface area contributed by atoms with Gasteiger partial charge in [0, 0.05) is 38.9 Å². The largest absolute Gasteiger partial charge is 0.338 e. The van der Waals surface area contributed by atoms with Crippen LogP contribution in [0.4, 0.5) is 4.79 Å². The molecule has 0 atom stereocenters. The molecule has 1 aliphatic heterocycles. The Hall–Kier alpha value is -2.37. The van der Waals surface area contributed by atoms with Crippen LogP contribution in [0.2, 0.25) is 0 Å². The Morgan fingerprint density at radius 2 is 1.88 bits per heavy atom. The smallest absolute Gasteiger partial charge is 0.317 e. The average molecular weight is 342 g/mol. The summed E-state index contributed by atoms with van der Waals surface area (Å²) < 4.78 is 0. The number of carbonyl (C=O) groups is 2. The molecule has 134 valence electrons. The first-order valence-electron chi connectivity index (χ1n) is 9.15. The Labute approximate surface area is 148 Å². The van der Waals surface area contributed by atoms with E-state index in [1.807, 2.05) is 6.07 Å². The van der Waals surface area contributed by atoms with Gasteiger partial charge in [-0.05, 0) is 44.2 Å². The maximum atomic E-state index is 12.4. The molecule has 25 heavy (non-hydrogen) atoms. The first kappa shape index (κ1) is 17.5. The standard InChI is InChI=1S/C19H26N4O2/c24-18(17-8-4-5-10-20-17)22-12-14-23(15-13-22)19(25)21-11-9-16-6-2-1-3-7-16/h4-6,8,10H,1-3,7,9,11-15H2,(H,21,25). The van der Waals surface area contributed by atoms with Crippen molar-refractivity contribution in [3.8, 4) is 0 Å². The lowest BCUT2D eigenvalue weighted by molar-refractivity contribution is 0.0659. The summed E-state index contributed by atoms with van der Waals surface area (Å²) in [5, 5.41) is 3.01. The zero-order valence-corrected chi connectivity index (χ0v) is 14.6. The fourth-order valence-electron chi connectivity index (χ4n) is 3.34. The van der Waals surface area contributed by atoms with E-state index in [1.165, 1.54) is 31.3 Å². The number of pyridine rings is 1. The van der Waals surface area contributed by atoms with Crippen LogP contribution in [0.3, 0.4) is 0 Å². The molecule has 1 aromatic rings. The molecule has 2 heterocycles. The molecule has 0 aromatic carbocycles. The van der Waals surface area contributed by atoms with E-state index in [0.717, 1.165) is 6.42 Å². The molecule has 0 unspecified atom stereocenters. The summed E-state index contributed by atoms with van der Waals surface area (Å²) in [6, 6.07) is 5.30. The van der Waals surface area contributed by atoms with Crippen molar-refractivity contribution in [3.63, 3.8) is 0 Å². The minimum Gasteiger partial charge on any atom is -0.338 e. The molecular formula is C19H26N4O2. The molecule has 3 amide bonds. The highest BCUT2D eigenvalue weighted by Gasteiger charge is 2.25. The Balaban J connectivity index is 1.40.